The van der Waals surface area contributed by atoms with Crippen LogP contribution >= 0.6 is 46.4 Å². The Morgan fingerprint density at radius 1 is 0.312 bits per heavy atom. The second kappa shape index (κ2) is 27.7. The molecular formula is C82H62Cl4N8O2. The molecule has 2 aliphatic heterocycles. The van der Waals surface area contributed by atoms with Crippen LogP contribution in [-0.2, 0) is 11.6 Å². The van der Waals surface area contributed by atoms with Crippen LogP contribution in [0.15, 0.2) is 317 Å². The zero-order chi connectivity index (χ0) is 65.0. The molecular weight excluding hydrogens is 1270 g/mol. The van der Waals surface area contributed by atoms with Crippen molar-refractivity contribution in [1.29, 1.82) is 0 Å². The maximum atomic E-state index is 7.31. The van der Waals surface area contributed by atoms with Crippen LogP contribution in [0.1, 0.15) is 42.2 Å². The van der Waals surface area contributed by atoms with Gasteiger partial charge in [0.15, 0.2) is 0 Å². The van der Waals surface area contributed by atoms with Gasteiger partial charge in [0, 0.05) is 61.2 Å². The predicted octanol–water partition coefficient (Wildman–Crippen LogP) is 21.3. The van der Waals surface area contributed by atoms with E-state index in [0.717, 1.165) is 84.3 Å². The highest BCUT2D eigenvalue weighted by Crippen LogP contribution is 2.51. The van der Waals surface area contributed by atoms with Gasteiger partial charge in [0.1, 0.15) is 23.1 Å². The summed E-state index contributed by atoms with van der Waals surface area (Å²) < 4.78 is 15.4. The third-order valence-corrected chi connectivity index (χ3v) is 18.0. The van der Waals surface area contributed by atoms with E-state index in [2.05, 4.69) is 69.8 Å². The number of imidazole rings is 2. The molecule has 0 radical (unpaired) electrons. The first-order valence-corrected chi connectivity index (χ1v) is 32.3. The fourth-order valence-electron chi connectivity index (χ4n) is 12.3. The summed E-state index contributed by atoms with van der Waals surface area (Å²) in [4.78, 5) is 33.1. The highest BCUT2D eigenvalue weighted by Gasteiger charge is 2.48. The lowest BCUT2D eigenvalue weighted by Gasteiger charge is -2.30. The number of hydrogen-bond acceptors (Lipinski definition) is 8. The van der Waals surface area contributed by atoms with Crippen molar-refractivity contribution in [3.05, 3.63) is 345 Å². The van der Waals surface area contributed by atoms with E-state index in [0.29, 0.717) is 65.8 Å². The number of ether oxygens (including phenoxy) is 2. The van der Waals surface area contributed by atoms with E-state index in [4.69, 9.17) is 85.8 Å². The lowest BCUT2D eigenvalue weighted by atomic mass is 10.0. The molecule has 470 valence electrons. The van der Waals surface area contributed by atoms with E-state index in [9.17, 15) is 0 Å². The molecule has 0 aliphatic carbocycles. The van der Waals surface area contributed by atoms with Crippen LogP contribution in [0.3, 0.4) is 0 Å². The van der Waals surface area contributed by atoms with Gasteiger partial charge in [0.05, 0.1) is 79.9 Å². The molecule has 96 heavy (non-hydrogen) atoms. The number of nitrogens with zero attached hydrogens (tertiary/aromatic N) is 8. The summed E-state index contributed by atoms with van der Waals surface area (Å²) in [6.45, 7) is 2.00. The van der Waals surface area contributed by atoms with Gasteiger partial charge in [0.25, 0.3) is 11.6 Å². The van der Waals surface area contributed by atoms with Gasteiger partial charge in [-0.15, -0.1) is 0 Å². The van der Waals surface area contributed by atoms with Crippen LogP contribution in [0.5, 0.6) is 11.5 Å². The summed E-state index contributed by atoms with van der Waals surface area (Å²) in [6.07, 6.45) is 0. The Bertz CT molecular complexity index is 5030. The number of methoxy groups -OCH3 is 2. The van der Waals surface area contributed by atoms with E-state index in [1.54, 1.807) is 26.4 Å². The molecule has 1 atom stereocenters. The van der Waals surface area contributed by atoms with Crippen molar-refractivity contribution in [3.8, 4) is 79.3 Å². The molecule has 13 aromatic rings. The van der Waals surface area contributed by atoms with E-state index in [1.165, 1.54) is 0 Å². The molecule has 1 unspecified atom stereocenters. The second-order valence-electron chi connectivity index (χ2n) is 22.5. The van der Waals surface area contributed by atoms with Gasteiger partial charge in [-0.3, -0.25) is 9.13 Å². The highest BCUT2D eigenvalue weighted by atomic mass is 35.5. The molecule has 0 fully saturated rings. The quantitative estimate of drug-likeness (QED) is 0.102. The van der Waals surface area contributed by atoms with Gasteiger partial charge >= 0.3 is 0 Å². The third kappa shape index (κ3) is 11.9. The van der Waals surface area contributed by atoms with Crippen molar-refractivity contribution in [2.24, 2.45) is 20.0 Å². The largest absolute Gasteiger partial charge is 0.497 e. The zero-order valence-corrected chi connectivity index (χ0v) is 54.7. The molecule has 15 rings (SSSR count). The molecule has 0 spiro atoms. The van der Waals surface area contributed by atoms with Crippen molar-refractivity contribution in [1.82, 2.24) is 19.1 Å². The number of benzene rings is 11. The molecule has 0 amide bonds. The SMILES string of the molecule is C.CC1=NC(c2ccccc2Cl)(n2c(-c3ccccc3Cl)nc(-c3ccccc3)c2-c2ccccc2)N=C1c1ccccc1.COc1ccc(-c2nc(-c3ccccc3)c(-c3ccccc3)n2C2(c3ccc(OC)cc3Cl)N=C(c3ccccc3)C(c3ccccc3)=N2)c(Cl)c1. The Hall–Kier alpha value is -10.7. The number of hydrogen-bond donors (Lipinski definition) is 0. The normalized spacial score (nSPS) is 14.5. The fourth-order valence-corrected chi connectivity index (χ4v) is 13.4. The van der Waals surface area contributed by atoms with E-state index in [1.807, 2.05) is 231 Å². The van der Waals surface area contributed by atoms with Gasteiger partial charge in [-0.1, -0.05) is 296 Å². The molecule has 0 saturated carbocycles. The third-order valence-electron chi connectivity index (χ3n) is 16.7. The van der Waals surface area contributed by atoms with Crippen LogP contribution in [0.2, 0.25) is 20.1 Å². The van der Waals surface area contributed by atoms with E-state index < -0.39 is 11.6 Å². The first-order chi connectivity index (χ1) is 46.6. The number of aliphatic imine (C=N–C) groups is 4. The maximum absolute atomic E-state index is 7.31. The molecule has 0 saturated heterocycles. The summed E-state index contributed by atoms with van der Waals surface area (Å²) in [5.41, 5.74) is 15.5. The lowest BCUT2D eigenvalue weighted by molar-refractivity contribution is 0.402. The molecule has 11 aromatic carbocycles. The Morgan fingerprint density at radius 3 is 1.06 bits per heavy atom. The van der Waals surface area contributed by atoms with E-state index in [-0.39, 0.29) is 7.43 Å². The first-order valence-electron chi connectivity index (χ1n) is 30.8. The smallest absolute Gasteiger partial charge is 0.263 e. The summed E-state index contributed by atoms with van der Waals surface area (Å²) in [6, 6.07) is 97.7. The predicted molar refractivity (Wildman–Crippen MR) is 396 cm³/mol. The minimum absolute atomic E-state index is 0. The second-order valence-corrected chi connectivity index (χ2v) is 24.1. The standard InChI is InChI=1S/C44H32Cl2N4O2.C37H26Cl2N4.CH4/c1-51-33-23-25-35(37(45)27-33)43-47-41(31-19-11-5-12-20-31)42(32-21-13-6-14-22-32)50(43)44(36-26-24-34(52-2)28-38(36)46)48-39(29-15-7-3-8-16-29)40(49-44)30-17-9-4-10-18-30;1-25-33(26-15-5-2-6-16-26)42-37(41-25,30-22-12-14-24-32(30)39)43-35(28-19-9-4-10-20-28)34(27-17-7-3-8-18-27)40-36(43)29-21-11-13-23-31(29)38;/h3-28H,1-2H3;2-24H,1H3;1H4. The Kier molecular flexibility index (Phi) is 18.5. The first kappa shape index (κ1) is 64.0. The lowest BCUT2D eigenvalue weighted by Crippen LogP contribution is -2.32. The molecule has 14 heteroatoms. The Labute approximate surface area is 578 Å². The summed E-state index contributed by atoms with van der Waals surface area (Å²) in [5, 5.41) is 2.01. The zero-order valence-electron chi connectivity index (χ0n) is 51.7. The van der Waals surface area contributed by atoms with Crippen LogP contribution in [0, 0.1) is 0 Å². The number of aromatic nitrogens is 4. The molecule has 0 N–H and O–H groups in total. The van der Waals surface area contributed by atoms with Crippen LogP contribution in [-0.4, -0.2) is 56.2 Å². The number of halogens is 4. The minimum Gasteiger partial charge on any atom is -0.497 e. The van der Waals surface area contributed by atoms with Crippen molar-refractivity contribution in [2.75, 3.05) is 14.2 Å². The summed E-state index contributed by atoms with van der Waals surface area (Å²) >= 11 is 28.4. The summed E-state index contributed by atoms with van der Waals surface area (Å²) in [7, 11) is 3.24. The average Bonchev–Trinajstić information content (AvgIpc) is 1.54. The number of rotatable bonds is 15. The van der Waals surface area contributed by atoms with Crippen LogP contribution in [0.25, 0.3) is 67.8 Å². The maximum Gasteiger partial charge on any atom is 0.263 e. The van der Waals surface area contributed by atoms with E-state index >= 15 is 0 Å². The van der Waals surface area contributed by atoms with Gasteiger partial charge in [-0.2, -0.15) is 0 Å². The molecule has 2 aliphatic rings. The molecule has 2 aromatic heterocycles. The average molecular weight is 1330 g/mol. The van der Waals surface area contributed by atoms with Gasteiger partial charge in [0.2, 0.25) is 0 Å². The molecule has 0 bridgehead atoms. The minimum atomic E-state index is -1.51. The van der Waals surface area contributed by atoms with Crippen molar-refractivity contribution < 1.29 is 9.47 Å². The monoisotopic (exact) mass is 1330 g/mol. The van der Waals surface area contributed by atoms with Crippen molar-refractivity contribution in [3.63, 3.8) is 0 Å². The topological polar surface area (TPSA) is 104 Å². The Morgan fingerprint density at radius 2 is 0.646 bits per heavy atom. The van der Waals surface area contributed by atoms with Crippen molar-refractivity contribution in [2.45, 2.75) is 25.9 Å². The van der Waals surface area contributed by atoms with Crippen LogP contribution < -0.4 is 9.47 Å². The summed E-state index contributed by atoms with van der Waals surface area (Å²) in [5.74, 6) is -0.402. The van der Waals surface area contributed by atoms with Crippen molar-refractivity contribution >= 4 is 69.3 Å². The molecule has 10 nitrogen and oxygen atoms in total. The van der Waals surface area contributed by atoms with Crippen LogP contribution in [0.4, 0.5) is 0 Å². The molecule has 4 heterocycles. The fraction of sp³-hybridized carbons (Fsp3) is 0.0732. The highest BCUT2D eigenvalue weighted by molar-refractivity contribution is 6.54. The van der Waals surface area contributed by atoms with Gasteiger partial charge in [-0.25, -0.2) is 29.9 Å². The van der Waals surface area contributed by atoms with Gasteiger partial charge < -0.3 is 9.47 Å². The van der Waals surface area contributed by atoms with Gasteiger partial charge in [-0.05, 0) is 61.5 Å². The Balaban J connectivity index is 0.000000175.